The summed E-state index contributed by atoms with van der Waals surface area (Å²) in [5, 5.41) is 0. The summed E-state index contributed by atoms with van der Waals surface area (Å²) >= 11 is 0. The molecule has 6 nitrogen and oxygen atoms in total. The summed E-state index contributed by atoms with van der Waals surface area (Å²) in [6.45, 7) is 0.802. The zero-order valence-corrected chi connectivity index (χ0v) is 17.8. The van der Waals surface area contributed by atoms with Crippen molar-refractivity contribution in [1.29, 1.82) is 0 Å². The third kappa shape index (κ3) is 5.09. The van der Waals surface area contributed by atoms with Gasteiger partial charge in [-0.2, -0.15) is 30.6 Å². The molecule has 0 spiro atoms. The topological polar surface area (TPSA) is 62.7 Å². The number of fused-ring (bicyclic) bond motifs is 1. The number of rotatable bonds is 4. The molecule has 0 radical (unpaired) electrons. The molecule has 2 fully saturated rings. The largest absolute Gasteiger partial charge is 0.473 e. The summed E-state index contributed by atoms with van der Waals surface area (Å²) in [6.07, 6.45) is -9.43. The lowest BCUT2D eigenvalue weighted by atomic mass is 10.2. The molecule has 0 aliphatic carbocycles. The van der Waals surface area contributed by atoms with E-state index in [2.05, 4.69) is 4.98 Å². The second-order valence-corrected chi connectivity index (χ2v) is 9.81. The number of aromatic nitrogens is 1. The molecule has 2 aromatic rings. The predicted octanol–water partition coefficient (Wildman–Crippen LogP) is 3.65. The Hall–Kier alpha value is -2.38. The number of halogens is 6. The SMILES string of the molecule is O=S(=O)(c1cccc(C(F)(F)F)c1)N1CCN2C[C@@H](Oc3cccc(C(F)(F)F)n3)C[C@H]2C1. The van der Waals surface area contributed by atoms with Crippen LogP contribution in [0.2, 0.25) is 0 Å². The third-order valence-electron chi connectivity index (χ3n) is 5.64. The van der Waals surface area contributed by atoms with Crippen molar-refractivity contribution >= 4 is 10.0 Å². The lowest BCUT2D eigenvalue weighted by Gasteiger charge is -2.36. The van der Waals surface area contributed by atoms with E-state index in [1.807, 2.05) is 4.90 Å². The van der Waals surface area contributed by atoms with Crippen LogP contribution in [0.15, 0.2) is 47.4 Å². The van der Waals surface area contributed by atoms with Crippen LogP contribution in [-0.4, -0.2) is 60.9 Å². The molecule has 0 N–H and O–H groups in total. The minimum atomic E-state index is -4.67. The Balaban J connectivity index is 1.44. The number of sulfonamides is 1. The molecule has 2 saturated heterocycles. The summed E-state index contributed by atoms with van der Waals surface area (Å²) in [4.78, 5) is 5.00. The summed E-state index contributed by atoms with van der Waals surface area (Å²) in [7, 11) is -4.15. The number of alkyl halides is 6. The van der Waals surface area contributed by atoms with Crippen LogP contribution in [0, 0.1) is 0 Å². The molecule has 33 heavy (non-hydrogen) atoms. The fourth-order valence-electron chi connectivity index (χ4n) is 4.06. The number of piperazine rings is 1. The van der Waals surface area contributed by atoms with E-state index in [0.29, 0.717) is 25.6 Å². The van der Waals surface area contributed by atoms with E-state index in [0.717, 1.165) is 28.6 Å². The molecule has 2 aliphatic rings. The molecule has 2 aliphatic heterocycles. The van der Waals surface area contributed by atoms with E-state index in [1.54, 1.807) is 0 Å². The zero-order chi connectivity index (χ0) is 24.0. The number of ether oxygens (including phenoxy) is 1. The summed E-state index contributed by atoms with van der Waals surface area (Å²) < 4.78 is 110. The highest BCUT2D eigenvalue weighted by molar-refractivity contribution is 7.89. The predicted molar refractivity (Wildman–Crippen MR) is 104 cm³/mol. The lowest BCUT2D eigenvalue weighted by molar-refractivity contribution is -0.141. The van der Waals surface area contributed by atoms with Gasteiger partial charge in [0.25, 0.3) is 0 Å². The van der Waals surface area contributed by atoms with Crippen LogP contribution in [0.5, 0.6) is 5.88 Å². The number of nitrogens with zero attached hydrogens (tertiary/aromatic N) is 3. The highest BCUT2D eigenvalue weighted by Crippen LogP contribution is 2.33. The highest BCUT2D eigenvalue weighted by Gasteiger charge is 2.42. The molecule has 0 saturated carbocycles. The number of benzene rings is 1. The number of pyridine rings is 1. The van der Waals surface area contributed by atoms with Gasteiger partial charge in [0.1, 0.15) is 11.8 Å². The van der Waals surface area contributed by atoms with Gasteiger partial charge in [-0.25, -0.2) is 13.4 Å². The first kappa shape index (κ1) is 23.8. The Morgan fingerprint density at radius 2 is 1.67 bits per heavy atom. The monoisotopic (exact) mass is 495 g/mol. The van der Waals surface area contributed by atoms with Crippen molar-refractivity contribution < 1.29 is 39.5 Å². The third-order valence-corrected chi connectivity index (χ3v) is 7.50. The second-order valence-electron chi connectivity index (χ2n) is 7.87. The van der Waals surface area contributed by atoms with Crippen LogP contribution in [0.3, 0.4) is 0 Å². The number of hydrogen-bond acceptors (Lipinski definition) is 5. The maximum atomic E-state index is 13.0. The Morgan fingerprint density at radius 3 is 2.36 bits per heavy atom. The average Bonchev–Trinajstić information content (AvgIpc) is 3.14. The van der Waals surface area contributed by atoms with Gasteiger partial charge in [0, 0.05) is 44.7 Å². The quantitative estimate of drug-likeness (QED) is 0.607. The Bertz CT molecular complexity index is 1120. The van der Waals surface area contributed by atoms with E-state index in [1.165, 1.54) is 12.1 Å². The molecule has 0 bridgehead atoms. The lowest BCUT2D eigenvalue weighted by Crippen LogP contribution is -2.51. The van der Waals surface area contributed by atoms with Crippen molar-refractivity contribution in [2.75, 3.05) is 26.2 Å². The van der Waals surface area contributed by atoms with Gasteiger partial charge in [-0.15, -0.1) is 0 Å². The van der Waals surface area contributed by atoms with E-state index >= 15 is 0 Å². The molecule has 1 aromatic carbocycles. The molecule has 1 aromatic heterocycles. The van der Waals surface area contributed by atoms with Crippen molar-refractivity contribution in [2.45, 2.75) is 35.8 Å². The maximum absolute atomic E-state index is 13.0. The molecule has 13 heteroatoms. The van der Waals surface area contributed by atoms with Crippen molar-refractivity contribution in [3.8, 4) is 5.88 Å². The van der Waals surface area contributed by atoms with Gasteiger partial charge < -0.3 is 4.74 Å². The van der Waals surface area contributed by atoms with Gasteiger partial charge in [0.15, 0.2) is 0 Å². The summed E-state index contributed by atoms with van der Waals surface area (Å²) in [5.74, 6) is -0.178. The molecule has 4 rings (SSSR count). The molecule has 2 atom stereocenters. The van der Waals surface area contributed by atoms with Crippen molar-refractivity contribution in [1.82, 2.24) is 14.2 Å². The van der Waals surface area contributed by atoms with Gasteiger partial charge in [0.05, 0.1) is 10.5 Å². The van der Waals surface area contributed by atoms with Crippen LogP contribution in [0.25, 0.3) is 0 Å². The first-order chi connectivity index (χ1) is 15.3. The van der Waals surface area contributed by atoms with Gasteiger partial charge in [-0.1, -0.05) is 12.1 Å². The van der Waals surface area contributed by atoms with E-state index in [-0.39, 0.29) is 25.0 Å². The Kier molecular flexibility index (Phi) is 6.08. The average molecular weight is 495 g/mol. The summed E-state index contributed by atoms with van der Waals surface area (Å²) in [5.41, 5.74) is -2.13. The Labute approximate surface area is 185 Å². The minimum Gasteiger partial charge on any atom is -0.473 e. The molecule has 3 heterocycles. The van der Waals surface area contributed by atoms with Crippen LogP contribution >= 0.6 is 0 Å². The molecule has 0 unspecified atom stereocenters. The highest BCUT2D eigenvalue weighted by atomic mass is 32.2. The van der Waals surface area contributed by atoms with Crippen molar-refractivity contribution in [3.63, 3.8) is 0 Å². The van der Waals surface area contributed by atoms with Gasteiger partial charge >= 0.3 is 12.4 Å². The smallest absolute Gasteiger partial charge is 0.433 e. The van der Waals surface area contributed by atoms with Crippen LogP contribution in [-0.2, 0) is 22.4 Å². The first-order valence-electron chi connectivity index (χ1n) is 9.96. The number of hydrogen-bond donors (Lipinski definition) is 0. The molecular weight excluding hydrogens is 476 g/mol. The molecular formula is C20H19F6N3O3S. The van der Waals surface area contributed by atoms with Crippen LogP contribution in [0.4, 0.5) is 26.3 Å². The Morgan fingerprint density at radius 1 is 0.939 bits per heavy atom. The van der Waals surface area contributed by atoms with Gasteiger partial charge in [-0.05, 0) is 24.3 Å². The van der Waals surface area contributed by atoms with Crippen LogP contribution in [0.1, 0.15) is 17.7 Å². The standard InChI is InChI=1S/C20H19F6N3O3S/c21-19(22,23)13-3-1-4-16(9-13)33(30,31)29-8-7-28-12-15(10-14(28)11-29)32-18-6-2-5-17(27-18)20(24,25)26/h1-6,9,14-15H,7-8,10-12H2/t14-,15-/m0/s1. The minimum absolute atomic E-state index is 0.0362. The van der Waals surface area contributed by atoms with Crippen molar-refractivity contribution in [3.05, 3.63) is 53.7 Å². The fourth-order valence-corrected chi connectivity index (χ4v) is 5.58. The van der Waals surface area contributed by atoms with E-state index in [4.69, 9.17) is 4.74 Å². The molecule has 0 amide bonds. The first-order valence-corrected chi connectivity index (χ1v) is 11.4. The zero-order valence-electron chi connectivity index (χ0n) is 17.0. The van der Waals surface area contributed by atoms with Gasteiger partial charge in [-0.3, -0.25) is 4.90 Å². The van der Waals surface area contributed by atoms with E-state index in [9.17, 15) is 34.8 Å². The van der Waals surface area contributed by atoms with Crippen molar-refractivity contribution in [2.24, 2.45) is 0 Å². The molecule has 180 valence electrons. The second kappa shape index (κ2) is 8.44. The maximum Gasteiger partial charge on any atom is 0.433 e. The van der Waals surface area contributed by atoms with E-state index < -0.39 is 44.6 Å². The van der Waals surface area contributed by atoms with Gasteiger partial charge in [0.2, 0.25) is 15.9 Å². The van der Waals surface area contributed by atoms with Crippen LogP contribution < -0.4 is 4.74 Å². The fraction of sp³-hybridized carbons (Fsp3) is 0.450. The normalized spacial score (nSPS) is 22.8. The summed E-state index contributed by atoms with van der Waals surface area (Å²) in [6, 6.07) is 6.65.